The average Bonchev–Trinajstić information content (AvgIpc) is 3.16. The van der Waals surface area contributed by atoms with Crippen molar-refractivity contribution in [2.24, 2.45) is 0 Å². The molecule has 32 heavy (non-hydrogen) atoms. The number of carbonyl (C=O) groups is 2. The van der Waals surface area contributed by atoms with Gasteiger partial charge < -0.3 is 14.2 Å². The first kappa shape index (κ1) is 20.7. The third-order valence-corrected chi connectivity index (χ3v) is 6.88. The van der Waals surface area contributed by atoms with Gasteiger partial charge in [-0.15, -0.1) is 0 Å². The number of rotatable bonds is 4. The van der Waals surface area contributed by atoms with E-state index in [0.29, 0.717) is 56.5 Å². The van der Waals surface area contributed by atoms with Crippen LogP contribution in [0, 0.1) is 6.92 Å². The monoisotopic (exact) mass is 431 g/mol. The number of benzene rings is 2. The van der Waals surface area contributed by atoms with E-state index in [1.54, 1.807) is 0 Å². The Morgan fingerprint density at radius 1 is 1.16 bits per heavy atom. The van der Waals surface area contributed by atoms with Crippen LogP contribution < -0.4 is 4.74 Å². The van der Waals surface area contributed by atoms with Crippen molar-refractivity contribution in [1.29, 1.82) is 0 Å². The van der Waals surface area contributed by atoms with Crippen molar-refractivity contribution in [2.75, 3.05) is 13.1 Å². The van der Waals surface area contributed by atoms with Gasteiger partial charge in [0.1, 0.15) is 17.2 Å². The molecule has 1 saturated heterocycles. The normalized spacial score (nSPS) is 17.4. The minimum atomic E-state index is -0.480. The predicted octanol–water partition coefficient (Wildman–Crippen LogP) is 4.32. The maximum atomic E-state index is 12.9. The zero-order chi connectivity index (χ0) is 22.3. The van der Waals surface area contributed by atoms with Crippen LogP contribution >= 0.6 is 0 Å². The highest BCUT2D eigenvalue weighted by atomic mass is 16.5. The van der Waals surface area contributed by atoms with Crippen LogP contribution in [0.2, 0.25) is 0 Å². The SMILES string of the molecule is CCn1c(CCC(=O)N2CCC3(CC2)CC(=O)c2cc(C)ccc2O3)nc2ccccc21. The van der Waals surface area contributed by atoms with Crippen LogP contribution in [0.15, 0.2) is 42.5 Å². The summed E-state index contributed by atoms with van der Waals surface area (Å²) in [7, 11) is 0. The minimum absolute atomic E-state index is 0.146. The molecule has 6 nitrogen and oxygen atoms in total. The molecule has 0 bridgehead atoms. The smallest absolute Gasteiger partial charge is 0.223 e. The summed E-state index contributed by atoms with van der Waals surface area (Å²) >= 11 is 0. The highest BCUT2D eigenvalue weighted by molar-refractivity contribution is 6.00. The molecule has 6 heteroatoms. The van der Waals surface area contributed by atoms with Gasteiger partial charge in [0.25, 0.3) is 0 Å². The molecule has 0 aliphatic carbocycles. The van der Waals surface area contributed by atoms with Gasteiger partial charge in [0.2, 0.25) is 5.91 Å². The number of Topliss-reactive ketones (excluding diaryl/α,β-unsaturated/α-hetero) is 1. The molecule has 0 unspecified atom stereocenters. The molecular weight excluding hydrogens is 402 g/mol. The number of carbonyl (C=O) groups excluding carboxylic acids is 2. The van der Waals surface area contributed by atoms with Crippen LogP contribution in [0.4, 0.5) is 0 Å². The molecule has 3 aromatic rings. The molecule has 0 N–H and O–H groups in total. The summed E-state index contributed by atoms with van der Waals surface area (Å²) in [5, 5.41) is 0. The lowest BCUT2D eigenvalue weighted by molar-refractivity contribution is -0.134. The molecule has 1 amide bonds. The van der Waals surface area contributed by atoms with E-state index in [1.165, 1.54) is 0 Å². The highest BCUT2D eigenvalue weighted by Gasteiger charge is 2.43. The van der Waals surface area contributed by atoms with Crippen molar-refractivity contribution in [3.63, 3.8) is 0 Å². The largest absolute Gasteiger partial charge is 0.486 e. The second-order valence-electron chi connectivity index (χ2n) is 9.03. The maximum absolute atomic E-state index is 12.9. The molecule has 3 heterocycles. The fraction of sp³-hybridized carbons (Fsp3) is 0.423. The van der Waals surface area contributed by atoms with E-state index in [0.717, 1.165) is 29.0 Å². The van der Waals surface area contributed by atoms with E-state index in [1.807, 2.05) is 48.2 Å². The van der Waals surface area contributed by atoms with Gasteiger partial charge in [-0.1, -0.05) is 23.8 Å². The van der Waals surface area contributed by atoms with E-state index >= 15 is 0 Å². The third kappa shape index (κ3) is 3.68. The van der Waals surface area contributed by atoms with Crippen molar-refractivity contribution < 1.29 is 14.3 Å². The molecule has 1 spiro atoms. The van der Waals surface area contributed by atoms with Crippen molar-refractivity contribution in [3.8, 4) is 5.75 Å². The molecule has 1 fully saturated rings. The molecule has 2 aliphatic rings. The van der Waals surface area contributed by atoms with Crippen LogP contribution in [0.25, 0.3) is 11.0 Å². The van der Waals surface area contributed by atoms with E-state index in [-0.39, 0.29) is 11.7 Å². The first-order valence-electron chi connectivity index (χ1n) is 11.5. The summed E-state index contributed by atoms with van der Waals surface area (Å²) in [6, 6.07) is 13.9. The Kier molecular flexibility index (Phi) is 5.24. The fourth-order valence-corrected chi connectivity index (χ4v) is 5.10. The van der Waals surface area contributed by atoms with Crippen LogP contribution in [0.3, 0.4) is 0 Å². The first-order chi connectivity index (χ1) is 15.5. The van der Waals surface area contributed by atoms with Crippen LogP contribution in [0.1, 0.15) is 54.4 Å². The van der Waals surface area contributed by atoms with Crippen LogP contribution in [-0.2, 0) is 17.8 Å². The molecule has 5 rings (SSSR count). The second-order valence-corrected chi connectivity index (χ2v) is 9.03. The summed E-state index contributed by atoms with van der Waals surface area (Å²) in [5.74, 6) is 1.94. The number of aromatic nitrogens is 2. The number of hydrogen-bond donors (Lipinski definition) is 0. The molecule has 2 aliphatic heterocycles. The van der Waals surface area contributed by atoms with Gasteiger partial charge in [-0.3, -0.25) is 9.59 Å². The number of fused-ring (bicyclic) bond motifs is 2. The number of hydrogen-bond acceptors (Lipinski definition) is 4. The molecular formula is C26H29N3O3. The molecule has 0 atom stereocenters. The van der Waals surface area contributed by atoms with Crippen LogP contribution in [-0.4, -0.2) is 44.8 Å². The number of piperidine rings is 1. The van der Waals surface area contributed by atoms with Gasteiger partial charge in [0, 0.05) is 45.3 Å². The van der Waals surface area contributed by atoms with E-state index < -0.39 is 5.60 Å². The van der Waals surface area contributed by atoms with E-state index in [2.05, 4.69) is 17.6 Å². The van der Waals surface area contributed by atoms with Gasteiger partial charge in [-0.2, -0.15) is 0 Å². The molecule has 166 valence electrons. The topological polar surface area (TPSA) is 64.4 Å². The lowest BCUT2D eigenvalue weighted by atomic mass is 9.82. The van der Waals surface area contributed by atoms with E-state index in [9.17, 15) is 9.59 Å². The summed E-state index contributed by atoms with van der Waals surface area (Å²) in [6.07, 6.45) is 2.84. The van der Waals surface area contributed by atoms with E-state index in [4.69, 9.17) is 9.72 Å². The maximum Gasteiger partial charge on any atom is 0.223 e. The molecule has 0 radical (unpaired) electrons. The lowest BCUT2D eigenvalue weighted by Crippen LogP contribution is -2.52. The Morgan fingerprint density at radius 3 is 2.72 bits per heavy atom. The Bertz CT molecular complexity index is 1190. The quantitative estimate of drug-likeness (QED) is 0.617. The van der Waals surface area contributed by atoms with Crippen molar-refractivity contribution in [2.45, 2.75) is 58.1 Å². The Morgan fingerprint density at radius 2 is 1.94 bits per heavy atom. The Labute approximate surface area is 188 Å². The zero-order valence-corrected chi connectivity index (χ0v) is 18.8. The number of nitrogens with zero attached hydrogens (tertiary/aromatic N) is 3. The van der Waals surface area contributed by atoms with Crippen molar-refractivity contribution in [1.82, 2.24) is 14.5 Å². The summed E-state index contributed by atoms with van der Waals surface area (Å²) in [4.78, 5) is 32.3. The average molecular weight is 432 g/mol. The number of imidazole rings is 1. The molecule has 0 saturated carbocycles. The number of para-hydroxylation sites is 2. The van der Waals surface area contributed by atoms with Gasteiger partial charge in [-0.05, 0) is 38.1 Å². The fourth-order valence-electron chi connectivity index (χ4n) is 5.10. The minimum Gasteiger partial charge on any atom is -0.486 e. The zero-order valence-electron chi connectivity index (χ0n) is 18.8. The number of aryl methyl sites for hydroxylation is 3. The Hall–Kier alpha value is -3.15. The summed E-state index contributed by atoms with van der Waals surface area (Å²) < 4.78 is 8.52. The van der Waals surface area contributed by atoms with Gasteiger partial charge in [0.15, 0.2) is 5.78 Å². The molecule has 2 aromatic carbocycles. The standard InChI is InChI=1S/C26H29N3O3/c1-3-29-21-7-5-4-6-20(21)27-24(29)10-11-25(31)28-14-12-26(13-15-28)17-22(30)19-16-18(2)8-9-23(19)32-26/h4-9,16H,3,10-15,17H2,1-2H3. The summed E-state index contributed by atoms with van der Waals surface area (Å²) in [6.45, 7) is 6.17. The number of ether oxygens (including phenoxy) is 1. The second kappa shape index (κ2) is 8.08. The third-order valence-electron chi connectivity index (χ3n) is 6.88. The number of ketones is 1. The van der Waals surface area contributed by atoms with Gasteiger partial charge in [0.05, 0.1) is 23.0 Å². The Balaban J connectivity index is 1.22. The van der Waals surface area contributed by atoms with Gasteiger partial charge >= 0.3 is 0 Å². The number of likely N-dealkylation sites (tertiary alicyclic amines) is 1. The van der Waals surface area contributed by atoms with Crippen molar-refractivity contribution in [3.05, 3.63) is 59.4 Å². The van der Waals surface area contributed by atoms with Crippen molar-refractivity contribution >= 4 is 22.7 Å². The van der Waals surface area contributed by atoms with Crippen LogP contribution in [0.5, 0.6) is 5.75 Å². The predicted molar refractivity (Wildman–Crippen MR) is 123 cm³/mol. The molecule has 1 aromatic heterocycles. The van der Waals surface area contributed by atoms with Gasteiger partial charge in [-0.25, -0.2) is 4.98 Å². The first-order valence-corrected chi connectivity index (χ1v) is 11.5. The highest BCUT2D eigenvalue weighted by Crippen LogP contribution is 2.39. The lowest BCUT2D eigenvalue weighted by Gasteiger charge is -2.44. The summed E-state index contributed by atoms with van der Waals surface area (Å²) in [5.41, 5.74) is 3.37. The number of amides is 1.